The zero-order valence-electron chi connectivity index (χ0n) is 17.8. The van der Waals surface area contributed by atoms with Crippen LogP contribution in [0.3, 0.4) is 0 Å². The molecule has 0 aliphatic carbocycles. The van der Waals surface area contributed by atoms with Crippen molar-refractivity contribution in [1.29, 1.82) is 0 Å². The van der Waals surface area contributed by atoms with Crippen LogP contribution < -0.4 is 20.3 Å². The Hall–Kier alpha value is -3.35. The highest BCUT2D eigenvalue weighted by atomic mass is 16.5. The van der Waals surface area contributed by atoms with E-state index >= 15 is 0 Å². The lowest BCUT2D eigenvalue weighted by molar-refractivity contribution is -0.121. The zero-order valence-corrected chi connectivity index (χ0v) is 17.8. The van der Waals surface area contributed by atoms with Crippen LogP contribution in [0.1, 0.15) is 59.9 Å². The van der Waals surface area contributed by atoms with Gasteiger partial charge in [-0.2, -0.15) is 0 Å². The highest BCUT2D eigenvalue weighted by Crippen LogP contribution is 2.28. The first kappa shape index (κ1) is 22.9. The molecule has 2 N–H and O–H groups in total. The van der Waals surface area contributed by atoms with Gasteiger partial charge in [0.2, 0.25) is 5.91 Å². The summed E-state index contributed by atoms with van der Waals surface area (Å²) in [4.78, 5) is 36.5. The first-order valence-electron chi connectivity index (χ1n) is 9.90. The van der Waals surface area contributed by atoms with E-state index in [4.69, 9.17) is 9.47 Å². The number of carbonyl (C=O) groups is 3. The Morgan fingerprint density at radius 2 is 1.57 bits per heavy atom. The lowest BCUT2D eigenvalue weighted by atomic mass is 10.0. The molecule has 0 unspecified atom stereocenters. The summed E-state index contributed by atoms with van der Waals surface area (Å²) in [7, 11) is 1.48. The summed E-state index contributed by atoms with van der Waals surface area (Å²) in [5.74, 6) is -0.127. The van der Waals surface area contributed by atoms with Crippen LogP contribution in [-0.4, -0.2) is 30.8 Å². The molecule has 0 aliphatic rings. The lowest BCUT2D eigenvalue weighted by Gasteiger charge is -2.14. The smallest absolute Gasteiger partial charge is 0.269 e. The number of hydrazine groups is 1. The maximum atomic E-state index is 12.3. The summed E-state index contributed by atoms with van der Waals surface area (Å²) in [6.45, 7) is 5.82. The summed E-state index contributed by atoms with van der Waals surface area (Å²) in [5.41, 5.74) is 6.69. The van der Waals surface area contributed by atoms with Crippen LogP contribution >= 0.6 is 0 Å². The molecule has 0 fully saturated rings. The van der Waals surface area contributed by atoms with Crippen LogP contribution in [0, 0.1) is 0 Å². The fourth-order valence-electron chi connectivity index (χ4n) is 2.72. The van der Waals surface area contributed by atoms with Crippen LogP contribution in [-0.2, 0) is 11.2 Å². The molecule has 2 rings (SSSR count). The number of hydrogen-bond donors (Lipinski definition) is 2. The second-order valence-electron chi connectivity index (χ2n) is 7.01. The number of aryl methyl sites for hydroxylation is 1. The Morgan fingerprint density at radius 3 is 2.17 bits per heavy atom. The van der Waals surface area contributed by atoms with E-state index in [1.807, 2.05) is 32.9 Å². The van der Waals surface area contributed by atoms with Gasteiger partial charge < -0.3 is 9.47 Å². The maximum Gasteiger partial charge on any atom is 0.269 e. The van der Waals surface area contributed by atoms with Crippen molar-refractivity contribution in [3.8, 4) is 11.5 Å². The molecule has 0 saturated carbocycles. The molecule has 0 spiro atoms. The Labute approximate surface area is 176 Å². The van der Waals surface area contributed by atoms with E-state index in [0.717, 1.165) is 12.0 Å². The number of rotatable bonds is 9. The SMILES string of the molecule is CCc1ccc(C(=O)CCC(=O)NNC(=O)c2ccc(OC(C)C)c(OC)c2)cc1. The summed E-state index contributed by atoms with van der Waals surface area (Å²) < 4.78 is 10.9. The van der Waals surface area contributed by atoms with Gasteiger partial charge in [-0.05, 0) is 44.0 Å². The molecule has 160 valence electrons. The number of Topliss-reactive ketones (excluding diaryl/α,β-unsaturated/α-hetero) is 1. The maximum absolute atomic E-state index is 12.3. The van der Waals surface area contributed by atoms with Gasteiger partial charge in [0.25, 0.3) is 5.91 Å². The molecule has 2 aromatic carbocycles. The van der Waals surface area contributed by atoms with Crippen LogP contribution in [0.5, 0.6) is 11.5 Å². The molecule has 0 aliphatic heterocycles. The highest BCUT2D eigenvalue weighted by Gasteiger charge is 2.14. The van der Waals surface area contributed by atoms with E-state index in [1.165, 1.54) is 13.2 Å². The molecule has 0 atom stereocenters. The second-order valence-corrected chi connectivity index (χ2v) is 7.01. The third-order valence-corrected chi connectivity index (χ3v) is 4.37. The second kappa shape index (κ2) is 11.0. The minimum absolute atomic E-state index is 0.0286. The average molecular weight is 412 g/mol. The van der Waals surface area contributed by atoms with Gasteiger partial charge in [0.05, 0.1) is 13.2 Å². The van der Waals surface area contributed by atoms with Gasteiger partial charge in [-0.1, -0.05) is 31.2 Å². The van der Waals surface area contributed by atoms with Crippen LogP contribution in [0.15, 0.2) is 42.5 Å². The van der Waals surface area contributed by atoms with Gasteiger partial charge >= 0.3 is 0 Å². The molecule has 0 radical (unpaired) electrons. The van der Waals surface area contributed by atoms with Crippen molar-refractivity contribution < 1.29 is 23.9 Å². The third kappa shape index (κ3) is 6.62. The minimum atomic E-state index is -0.501. The monoisotopic (exact) mass is 412 g/mol. The fourth-order valence-corrected chi connectivity index (χ4v) is 2.72. The van der Waals surface area contributed by atoms with Crippen LogP contribution in [0.2, 0.25) is 0 Å². The zero-order chi connectivity index (χ0) is 22.1. The van der Waals surface area contributed by atoms with Crippen molar-refractivity contribution in [2.75, 3.05) is 7.11 Å². The molecule has 0 heterocycles. The van der Waals surface area contributed by atoms with Crippen molar-refractivity contribution in [3.05, 3.63) is 59.2 Å². The average Bonchev–Trinajstić information content (AvgIpc) is 2.75. The number of benzene rings is 2. The van der Waals surface area contributed by atoms with E-state index in [2.05, 4.69) is 10.9 Å². The minimum Gasteiger partial charge on any atom is -0.493 e. The number of hydrogen-bond acceptors (Lipinski definition) is 5. The van der Waals surface area contributed by atoms with Gasteiger partial charge in [0.15, 0.2) is 17.3 Å². The molecule has 2 aromatic rings. The Morgan fingerprint density at radius 1 is 0.900 bits per heavy atom. The first-order valence-corrected chi connectivity index (χ1v) is 9.90. The Balaban J connectivity index is 1.85. The van der Waals surface area contributed by atoms with Crippen LogP contribution in [0.25, 0.3) is 0 Å². The Bertz CT molecular complexity index is 891. The van der Waals surface area contributed by atoms with Crippen molar-refractivity contribution in [3.63, 3.8) is 0 Å². The largest absolute Gasteiger partial charge is 0.493 e. The van der Waals surface area contributed by atoms with Crippen molar-refractivity contribution in [1.82, 2.24) is 10.9 Å². The molecular formula is C23H28N2O5. The Kier molecular flexibility index (Phi) is 8.41. The van der Waals surface area contributed by atoms with E-state index in [-0.39, 0.29) is 24.7 Å². The molecule has 7 nitrogen and oxygen atoms in total. The standard InChI is InChI=1S/C23H28N2O5/c1-5-16-6-8-17(9-7-16)19(26)11-13-22(27)24-25-23(28)18-10-12-20(30-15(2)3)21(14-18)29-4/h6-10,12,14-15H,5,11,13H2,1-4H3,(H,24,27)(H,25,28). The number of amides is 2. The van der Waals surface area contributed by atoms with Gasteiger partial charge in [-0.3, -0.25) is 25.2 Å². The lowest BCUT2D eigenvalue weighted by Crippen LogP contribution is -2.41. The molecule has 30 heavy (non-hydrogen) atoms. The van der Waals surface area contributed by atoms with E-state index in [1.54, 1.807) is 24.3 Å². The van der Waals surface area contributed by atoms with Crippen LogP contribution in [0.4, 0.5) is 0 Å². The molecule has 0 bridgehead atoms. The molecule has 2 amide bonds. The van der Waals surface area contributed by atoms with Gasteiger partial charge in [-0.15, -0.1) is 0 Å². The number of carbonyl (C=O) groups excluding carboxylic acids is 3. The first-order chi connectivity index (χ1) is 14.3. The van der Waals surface area contributed by atoms with Crippen molar-refractivity contribution in [2.45, 2.75) is 46.1 Å². The number of methoxy groups -OCH3 is 1. The van der Waals surface area contributed by atoms with Gasteiger partial charge in [-0.25, -0.2) is 0 Å². The number of ketones is 1. The highest BCUT2D eigenvalue weighted by molar-refractivity contribution is 5.99. The fraction of sp³-hybridized carbons (Fsp3) is 0.348. The topological polar surface area (TPSA) is 93.7 Å². The van der Waals surface area contributed by atoms with Crippen molar-refractivity contribution in [2.24, 2.45) is 0 Å². The molecule has 0 aromatic heterocycles. The van der Waals surface area contributed by atoms with E-state index in [0.29, 0.717) is 22.6 Å². The summed E-state index contributed by atoms with van der Waals surface area (Å²) in [6.07, 6.45) is 0.891. The summed E-state index contributed by atoms with van der Waals surface area (Å²) in [6, 6.07) is 12.1. The third-order valence-electron chi connectivity index (χ3n) is 4.37. The summed E-state index contributed by atoms with van der Waals surface area (Å²) in [5, 5.41) is 0. The summed E-state index contributed by atoms with van der Waals surface area (Å²) >= 11 is 0. The quantitative estimate of drug-likeness (QED) is 0.486. The van der Waals surface area contributed by atoms with Gasteiger partial charge in [0, 0.05) is 24.0 Å². The molecule has 7 heteroatoms. The predicted octanol–water partition coefficient (Wildman–Crippen LogP) is 3.47. The normalized spacial score (nSPS) is 10.4. The van der Waals surface area contributed by atoms with Crippen molar-refractivity contribution >= 4 is 17.6 Å². The van der Waals surface area contributed by atoms with Gasteiger partial charge in [0.1, 0.15) is 0 Å². The van der Waals surface area contributed by atoms with E-state index < -0.39 is 11.8 Å². The predicted molar refractivity (Wildman–Crippen MR) is 114 cm³/mol. The molecular weight excluding hydrogens is 384 g/mol. The van der Waals surface area contributed by atoms with E-state index in [9.17, 15) is 14.4 Å². The number of ether oxygens (including phenoxy) is 2. The number of nitrogens with one attached hydrogen (secondary N) is 2. The molecule has 0 saturated heterocycles.